The summed E-state index contributed by atoms with van der Waals surface area (Å²) in [5.74, 6) is 0.558. The molecule has 0 spiro atoms. The predicted molar refractivity (Wildman–Crippen MR) is 49.7 cm³/mol. The maximum atomic E-state index is 13.4. The molecule has 0 bridgehead atoms. The van der Waals surface area contributed by atoms with Crippen molar-refractivity contribution >= 4 is 0 Å². The third-order valence-electron chi connectivity index (χ3n) is 2.39. The predicted octanol–water partition coefficient (Wildman–Crippen LogP) is 2.64. The summed E-state index contributed by atoms with van der Waals surface area (Å²) in [4.78, 5) is 0. The highest BCUT2D eigenvalue weighted by Crippen LogP contribution is 2.46. The summed E-state index contributed by atoms with van der Waals surface area (Å²) in [5, 5.41) is 0. The van der Waals surface area contributed by atoms with Gasteiger partial charge in [0.15, 0.2) is 0 Å². The fourth-order valence-electron chi connectivity index (χ4n) is 2.04. The van der Waals surface area contributed by atoms with Gasteiger partial charge in [0.25, 0.3) is 0 Å². The van der Waals surface area contributed by atoms with Crippen molar-refractivity contribution in [2.45, 2.75) is 57.7 Å². The molecule has 0 aliphatic heterocycles. The standard InChI is InChI=1S/C10H20FN/c1-8(2)6-9(3,12)7-10(11)4-5-10/h8H,4-7,12H2,1-3H3. The van der Waals surface area contributed by atoms with E-state index >= 15 is 0 Å². The van der Waals surface area contributed by atoms with Crippen LogP contribution in [0.1, 0.15) is 46.5 Å². The molecular weight excluding hydrogens is 153 g/mol. The molecule has 0 aromatic carbocycles. The van der Waals surface area contributed by atoms with Crippen LogP contribution in [0.4, 0.5) is 4.39 Å². The van der Waals surface area contributed by atoms with E-state index in [1.165, 1.54) is 0 Å². The van der Waals surface area contributed by atoms with Crippen molar-refractivity contribution in [3.8, 4) is 0 Å². The molecule has 2 heteroatoms. The summed E-state index contributed by atoms with van der Waals surface area (Å²) < 4.78 is 13.4. The summed E-state index contributed by atoms with van der Waals surface area (Å²) in [6.45, 7) is 6.22. The van der Waals surface area contributed by atoms with Crippen molar-refractivity contribution in [2.24, 2.45) is 11.7 Å². The van der Waals surface area contributed by atoms with Gasteiger partial charge in [0, 0.05) is 5.54 Å². The lowest BCUT2D eigenvalue weighted by Crippen LogP contribution is -2.40. The molecule has 1 rings (SSSR count). The van der Waals surface area contributed by atoms with E-state index in [9.17, 15) is 4.39 Å². The number of hydrogen-bond acceptors (Lipinski definition) is 1. The van der Waals surface area contributed by atoms with Crippen molar-refractivity contribution in [3.05, 3.63) is 0 Å². The van der Waals surface area contributed by atoms with Crippen LogP contribution in [0, 0.1) is 5.92 Å². The first kappa shape index (κ1) is 9.97. The average Bonchev–Trinajstić information content (AvgIpc) is 2.40. The highest BCUT2D eigenvalue weighted by Gasteiger charge is 2.47. The smallest absolute Gasteiger partial charge is 0.113 e. The normalized spacial score (nSPS) is 25.5. The summed E-state index contributed by atoms with van der Waals surface area (Å²) in [5.41, 5.74) is 4.79. The van der Waals surface area contributed by atoms with E-state index in [0.717, 1.165) is 19.3 Å². The molecule has 1 aliphatic carbocycles. The topological polar surface area (TPSA) is 26.0 Å². The van der Waals surface area contributed by atoms with E-state index in [1.54, 1.807) is 0 Å². The first-order chi connectivity index (χ1) is 5.33. The second kappa shape index (κ2) is 2.99. The van der Waals surface area contributed by atoms with Gasteiger partial charge in [-0.1, -0.05) is 13.8 Å². The number of hydrogen-bond donors (Lipinski definition) is 1. The molecule has 1 unspecified atom stereocenters. The molecule has 1 atom stereocenters. The molecule has 12 heavy (non-hydrogen) atoms. The summed E-state index contributed by atoms with van der Waals surface area (Å²) >= 11 is 0. The zero-order valence-corrected chi connectivity index (χ0v) is 8.36. The van der Waals surface area contributed by atoms with Crippen molar-refractivity contribution in [3.63, 3.8) is 0 Å². The van der Waals surface area contributed by atoms with Crippen LogP contribution in [0.2, 0.25) is 0 Å². The van der Waals surface area contributed by atoms with Crippen LogP contribution < -0.4 is 5.73 Å². The molecule has 0 aromatic heterocycles. The molecule has 0 aromatic rings. The monoisotopic (exact) mass is 173 g/mol. The number of rotatable bonds is 4. The van der Waals surface area contributed by atoms with Crippen LogP contribution in [0.25, 0.3) is 0 Å². The van der Waals surface area contributed by atoms with E-state index in [1.807, 2.05) is 6.92 Å². The fourth-order valence-corrected chi connectivity index (χ4v) is 2.04. The van der Waals surface area contributed by atoms with Gasteiger partial charge in [-0.2, -0.15) is 0 Å². The van der Waals surface area contributed by atoms with E-state index in [2.05, 4.69) is 13.8 Å². The van der Waals surface area contributed by atoms with E-state index in [-0.39, 0.29) is 5.54 Å². The first-order valence-corrected chi connectivity index (χ1v) is 4.81. The Morgan fingerprint density at radius 1 is 1.50 bits per heavy atom. The molecule has 1 saturated carbocycles. The molecule has 1 nitrogen and oxygen atoms in total. The average molecular weight is 173 g/mol. The van der Waals surface area contributed by atoms with Crippen molar-refractivity contribution in [1.29, 1.82) is 0 Å². The van der Waals surface area contributed by atoms with Crippen molar-refractivity contribution < 1.29 is 4.39 Å². The molecule has 0 amide bonds. The molecule has 0 heterocycles. The SMILES string of the molecule is CC(C)CC(C)(N)CC1(F)CC1. The van der Waals surface area contributed by atoms with Gasteiger partial charge >= 0.3 is 0 Å². The summed E-state index contributed by atoms with van der Waals surface area (Å²) in [6.07, 6.45) is 2.90. The summed E-state index contributed by atoms with van der Waals surface area (Å²) in [6, 6.07) is 0. The molecule has 0 saturated heterocycles. The Balaban J connectivity index is 2.37. The van der Waals surface area contributed by atoms with Crippen LogP contribution in [0.5, 0.6) is 0 Å². The zero-order chi connectivity index (χ0) is 9.41. The van der Waals surface area contributed by atoms with Crippen molar-refractivity contribution in [1.82, 2.24) is 0 Å². The quantitative estimate of drug-likeness (QED) is 0.695. The van der Waals surface area contributed by atoms with Gasteiger partial charge in [0.2, 0.25) is 0 Å². The maximum Gasteiger partial charge on any atom is 0.113 e. The van der Waals surface area contributed by atoms with Crippen LogP contribution in [0.3, 0.4) is 0 Å². The second-order valence-electron chi connectivity index (χ2n) is 5.08. The molecular formula is C10H20FN. The van der Waals surface area contributed by atoms with E-state index in [0.29, 0.717) is 12.3 Å². The van der Waals surface area contributed by atoms with E-state index in [4.69, 9.17) is 5.73 Å². The Hall–Kier alpha value is -0.110. The largest absolute Gasteiger partial charge is 0.325 e. The van der Waals surface area contributed by atoms with Gasteiger partial charge < -0.3 is 5.73 Å². The Labute approximate surface area is 74.5 Å². The lowest BCUT2D eigenvalue weighted by molar-refractivity contribution is 0.211. The van der Waals surface area contributed by atoms with Gasteiger partial charge in [-0.3, -0.25) is 0 Å². The number of halogens is 1. The molecule has 72 valence electrons. The molecule has 1 aliphatic rings. The minimum Gasteiger partial charge on any atom is -0.325 e. The Kier molecular flexibility index (Phi) is 2.48. The third-order valence-corrected chi connectivity index (χ3v) is 2.39. The Morgan fingerprint density at radius 2 is 2.00 bits per heavy atom. The fraction of sp³-hybridized carbons (Fsp3) is 1.00. The second-order valence-corrected chi connectivity index (χ2v) is 5.08. The number of nitrogens with two attached hydrogens (primary N) is 1. The Morgan fingerprint density at radius 3 is 2.33 bits per heavy atom. The van der Waals surface area contributed by atoms with Gasteiger partial charge in [-0.05, 0) is 38.5 Å². The highest BCUT2D eigenvalue weighted by molar-refractivity contribution is 5.00. The molecule has 0 radical (unpaired) electrons. The van der Waals surface area contributed by atoms with Crippen LogP contribution in [0.15, 0.2) is 0 Å². The lowest BCUT2D eigenvalue weighted by atomic mass is 9.86. The van der Waals surface area contributed by atoms with Gasteiger partial charge in [-0.15, -0.1) is 0 Å². The maximum absolute atomic E-state index is 13.4. The van der Waals surface area contributed by atoms with E-state index < -0.39 is 5.67 Å². The van der Waals surface area contributed by atoms with Gasteiger partial charge in [-0.25, -0.2) is 4.39 Å². The van der Waals surface area contributed by atoms with Crippen molar-refractivity contribution in [2.75, 3.05) is 0 Å². The zero-order valence-electron chi connectivity index (χ0n) is 8.36. The molecule has 2 N–H and O–H groups in total. The van der Waals surface area contributed by atoms with Gasteiger partial charge in [0.05, 0.1) is 0 Å². The minimum absolute atomic E-state index is 0.306. The summed E-state index contributed by atoms with van der Waals surface area (Å²) in [7, 11) is 0. The molecule has 1 fully saturated rings. The minimum atomic E-state index is -0.904. The number of alkyl halides is 1. The highest BCUT2D eigenvalue weighted by atomic mass is 19.1. The first-order valence-electron chi connectivity index (χ1n) is 4.81. The lowest BCUT2D eigenvalue weighted by Gasteiger charge is -2.28. The van der Waals surface area contributed by atoms with Crippen LogP contribution in [-0.2, 0) is 0 Å². The Bertz CT molecular complexity index is 159. The van der Waals surface area contributed by atoms with Crippen LogP contribution >= 0.6 is 0 Å². The van der Waals surface area contributed by atoms with Crippen LogP contribution in [-0.4, -0.2) is 11.2 Å². The van der Waals surface area contributed by atoms with Gasteiger partial charge in [0.1, 0.15) is 5.67 Å². The third kappa shape index (κ3) is 3.10.